The van der Waals surface area contributed by atoms with Crippen LogP contribution in [0.15, 0.2) is 54.4 Å². The molecule has 0 bridgehead atoms. The largest absolute Gasteiger partial charge is 0.512 e. The van der Waals surface area contributed by atoms with Crippen molar-refractivity contribution < 1.29 is 34.7 Å². The van der Waals surface area contributed by atoms with E-state index >= 15 is 0 Å². The molecule has 2 aliphatic rings. The van der Waals surface area contributed by atoms with Crippen molar-refractivity contribution in [3.05, 3.63) is 77.2 Å². The van der Waals surface area contributed by atoms with Crippen LogP contribution in [0.25, 0.3) is 32.8 Å². The fraction of sp³-hybridized carbons (Fsp3) is 0.421. The molecule has 0 atom stereocenters. The molecule has 2 heterocycles. The van der Waals surface area contributed by atoms with Crippen molar-refractivity contribution >= 4 is 27.3 Å². The maximum Gasteiger partial charge on any atom is 0.162 e. The Morgan fingerprint density at radius 1 is 1.05 bits per heavy atom. The summed E-state index contributed by atoms with van der Waals surface area (Å²) in [7, 11) is 0. The molecular formula is C38H44IrNO3-. The van der Waals surface area contributed by atoms with Gasteiger partial charge in [0.15, 0.2) is 5.78 Å². The summed E-state index contributed by atoms with van der Waals surface area (Å²) in [5.74, 6) is 2.39. The van der Waals surface area contributed by atoms with E-state index in [0.717, 1.165) is 71.2 Å². The number of aliphatic hydroxyl groups excluding tert-OH is 1. The predicted octanol–water partition coefficient (Wildman–Crippen LogP) is 10.4. The minimum Gasteiger partial charge on any atom is -0.512 e. The van der Waals surface area contributed by atoms with E-state index in [1.165, 1.54) is 34.4 Å². The minimum atomic E-state index is 0. The van der Waals surface area contributed by atoms with Crippen LogP contribution >= 0.6 is 0 Å². The number of aromatic nitrogens is 1. The van der Waals surface area contributed by atoms with Crippen LogP contribution in [0, 0.1) is 24.8 Å². The Morgan fingerprint density at radius 3 is 2.40 bits per heavy atom. The van der Waals surface area contributed by atoms with E-state index in [1.807, 2.05) is 33.9 Å². The van der Waals surface area contributed by atoms with E-state index in [9.17, 15) is 9.90 Å². The average Bonchev–Trinajstić information content (AvgIpc) is 3.29. The van der Waals surface area contributed by atoms with Crippen LogP contribution in [0.1, 0.15) is 90.3 Å². The summed E-state index contributed by atoms with van der Waals surface area (Å²) in [6, 6.07) is 16.4. The van der Waals surface area contributed by atoms with Crippen molar-refractivity contribution in [3.63, 3.8) is 0 Å². The SMILES string of the molecule is CCC(CC)C(=O)/C=C(\O)C(CC)CC.Cc1c2c([c-]c3ccccc13)-c1nccc3c4c(cc(c13)O2)C(C)(C)CC4.[Ir]. The number of pyridine rings is 1. The number of nitrogens with zero attached hydrogens (tertiary/aromatic N) is 1. The molecule has 0 saturated carbocycles. The molecule has 1 radical (unpaired) electrons. The maximum atomic E-state index is 11.7. The minimum absolute atomic E-state index is 0. The number of hydrogen-bond donors (Lipinski definition) is 1. The van der Waals surface area contributed by atoms with E-state index in [0.29, 0.717) is 0 Å². The van der Waals surface area contributed by atoms with Crippen molar-refractivity contribution in [1.29, 1.82) is 0 Å². The van der Waals surface area contributed by atoms with Gasteiger partial charge in [0.2, 0.25) is 0 Å². The number of carbonyl (C=O) groups excluding carboxylic acids is 1. The summed E-state index contributed by atoms with van der Waals surface area (Å²) in [6.07, 6.45) is 9.15. The second-order valence-corrected chi connectivity index (χ2v) is 12.5. The molecule has 0 saturated heterocycles. The molecule has 43 heavy (non-hydrogen) atoms. The number of fused-ring (bicyclic) bond motifs is 5. The molecular weight excluding hydrogens is 711 g/mol. The molecule has 0 spiro atoms. The number of rotatable bonds is 7. The van der Waals surface area contributed by atoms with Gasteiger partial charge in [-0.15, -0.1) is 17.5 Å². The first-order chi connectivity index (χ1) is 20.1. The topological polar surface area (TPSA) is 59.4 Å². The number of hydrogen-bond acceptors (Lipinski definition) is 4. The van der Waals surface area contributed by atoms with Crippen molar-refractivity contribution in [3.8, 4) is 22.8 Å². The average molecular weight is 755 g/mol. The van der Waals surface area contributed by atoms with E-state index in [1.54, 1.807) is 0 Å². The van der Waals surface area contributed by atoms with Gasteiger partial charge < -0.3 is 9.84 Å². The molecule has 1 aromatic heterocycles. The van der Waals surface area contributed by atoms with Gasteiger partial charge in [0.25, 0.3) is 0 Å². The Morgan fingerprint density at radius 2 is 1.72 bits per heavy atom. The first-order valence-corrected chi connectivity index (χ1v) is 15.7. The summed E-state index contributed by atoms with van der Waals surface area (Å²) >= 11 is 0. The Kier molecular flexibility index (Phi) is 10.2. The zero-order valence-electron chi connectivity index (χ0n) is 26.6. The molecule has 1 N–H and O–H groups in total. The molecule has 0 amide bonds. The van der Waals surface area contributed by atoms with Crippen LogP contribution in [-0.2, 0) is 36.7 Å². The Labute approximate surface area is 270 Å². The summed E-state index contributed by atoms with van der Waals surface area (Å²) in [4.78, 5) is 16.5. The van der Waals surface area contributed by atoms with Gasteiger partial charge in [-0.05, 0) is 79.5 Å². The molecule has 6 rings (SSSR count). The number of ketones is 1. The number of aryl methyl sites for hydroxylation is 2. The van der Waals surface area contributed by atoms with Gasteiger partial charge in [0, 0.05) is 55.3 Å². The van der Waals surface area contributed by atoms with Crippen molar-refractivity contribution in [2.45, 2.75) is 92.4 Å². The maximum absolute atomic E-state index is 11.7. The molecule has 1 aliphatic heterocycles. The van der Waals surface area contributed by atoms with Crippen LogP contribution in [0.5, 0.6) is 11.5 Å². The number of ether oxygens (including phenoxy) is 1. The third-order valence-corrected chi connectivity index (χ3v) is 9.54. The fourth-order valence-corrected chi connectivity index (χ4v) is 6.72. The quantitative estimate of drug-likeness (QED) is 0.102. The molecule has 229 valence electrons. The molecule has 0 fully saturated rings. The second kappa shape index (κ2) is 13.3. The molecule has 5 heteroatoms. The molecule has 4 aromatic rings. The molecule has 1 aliphatic carbocycles. The number of aliphatic hydroxyl groups is 1. The fourth-order valence-electron chi connectivity index (χ4n) is 6.72. The number of benzene rings is 3. The number of carbonyl (C=O) groups is 1. The number of allylic oxidation sites excluding steroid dienone is 2. The smallest absolute Gasteiger partial charge is 0.162 e. The zero-order chi connectivity index (χ0) is 30.2. The van der Waals surface area contributed by atoms with E-state index < -0.39 is 0 Å². The van der Waals surface area contributed by atoms with Crippen LogP contribution in [0.2, 0.25) is 0 Å². The third kappa shape index (κ3) is 6.04. The predicted molar refractivity (Wildman–Crippen MR) is 174 cm³/mol. The molecule has 3 aromatic carbocycles. The first kappa shape index (κ1) is 32.9. The van der Waals surface area contributed by atoms with Crippen molar-refractivity contribution in [2.24, 2.45) is 11.8 Å². The van der Waals surface area contributed by atoms with Gasteiger partial charge in [-0.2, -0.15) is 0 Å². The summed E-state index contributed by atoms with van der Waals surface area (Å²) in [6.45, 7) is 14.9. The Balaban J connectivity index is 0.000000230. The van der Waals surface area contributed by atoms with Gasteiger partial charge in [-0.1, -0.05) is 76.3 Å². The van der Waals surface area contributed by atoms with Crippen LogP contribution < -0.4 is 4.74 Å². The summed E-state index contributed by atoms with van der Waals surface area (Å²) in [5.41, 5.74) is 6.23. The zero-order valence-corrected chi connectivity index (χ0v) is 29.0. The van der Waals surface area contributed by atoms with Crippen LogP contribution in [0.4, 0.5) is 0 Å². The normalized spacial score (nSPS) is 14.6. The van der Waals surface area contributed by atoms with Crippen molar-refractivity contribution in [2.75, 3.05) is 0 Å². The molecule has 4 nitrogen and oxygen atoms in total. The third-order valence-electron chi connectivity index (χ3n) is 9.54. The van der Waals surface area contributed by atoms with E-state index in [-0.39, 0.29) is 48.9 Å². The second-order valence-electron chi connectivity index (χ2n) is 12.5. The van der Waals surface area contributed by atoms with E-state index in [2.05, 4.69) is 63.2 Å². The summed E-state index contributed by atoms with van der Waals surface area (Å²) < 4.78 is 6.54. The van der Waals surface area contributed by atoms with Crippen LogP contribution in [-0.4, -0.2) is 15.9 Å². The standard InChI is InChI=1S/C25H20NO.C13H24O2.Ir/c1-14-16-7-5-4-6-15(16)12-19-23-22-18(9-11-26-23)17-8-10-25(2,3)20(17)13-21(22)27-24(14)19;1-5-10(6-2)12(14)9-13(15)11(7-3)8-4;/h4-7,9,11,13H,8,10H2,1-3H3;9-11,14H,5-8H2,1-4H3;/q-1;;/b;12-9-;. The Bertz CT molecular complexity index is 1680. The van der Waals surface area contributed by atoms with Gasteiger partial charge >= 0.3 is 0 Å². The Hall–Kier alpha value is -3.01. The van der Waals surface area contributed by atoms with Gasteiger partial charge in [0.1, 0.15) is 5.75 Å². The van der Waals surface area contributed by atoms with Gasteiger partial charge in [-0.25, -0.2) is 0 Å². The van der Waals surface area contributed by atoms with E-state index in [4.69, 9.17) is 9.72 Å². The monoisotopic (exact) mass is 755 g/mol. The van der Waals surface area contributed by atoms with Crippen LogP contribution in [0.3, 0.4) is 0 Å². The van der Waals surface area contributed by atoms with Crippen molar-refractivity contribution in [1.82, 2.24) is 4.98 Å². The summed E-state index contributed by atoms with van der Waals surface area (Å²) in [5, 5.41) is 14.5. The van der Waals surface area contributed by atoms with Gasteiger partial charge in [0.05, 0.1) is 11.5 Å². The first-order valence-electron chi connectivity index (χ1n) is 15.7. The molecule has 0 unspecified atom stereocenters. The van der Waals surface area contributed by atoms with Gasteiger partial charge in [-0.3, -0.25) is 9.78 Å².